The number of sulfonamides is 1. The molecule has 0 spiro atoms. The van der Waals surface area contributed by atoms with Crippen molar-refractivity contribution in [3.8, 4) is 5.75 Å². The lowest BCUT2D eigenvalue weighted by molar-refractivity contribution is 0.263. The molecule has 0 amide bonds. The van der Waals surface area contributed by atoms with E-state index in [9.17, 15) is 8.42 Å². The van der Waals surface area contributed by atoms with E-state index in [2.05, 4.69) is 15.9 Å². The van der Waals surface area contributed by atoms with Crippen molar-refractivity contribution in [2.24, 2.45) is 5.92 Å². The Balaban J connectivity index is 2.16. The van der Waals surface area contributed by atoms with E-state index in [-0.39, 0.29) is 0 Å². The molecule has 1 aliphatic heterocycles. The third-order valence-electron chi connectivity index (χ3n) is 3.70. The summed E-state index contributed by atoms with van der Waals surface area (Å²) in [6, 6.07) is 6.60. The Morgan fingerprint density at radius 2 is 2.05 bits per heavy atom. The van der Waals surface area contributed by atoms with Crippen LogP contribution >= 0.6 is 15.9 Å². The first-order valence-corrected chi connectivity index (χ1v) is 9.34. The van der Waals surface area contributed by atoms with Crippen LogP contribution in [0.5, 0.6) is 5.75 Å². The van der Waals surface area contributed by atoms with Crippen LogP contribution in [0.25, 0.3) is 0 Å². The molecule has 0 radical (unpaired) electrons. The number of methoxy groups -OCH3 is 1. The van der Waals surface area contributed by atoms with Gasteiger partial charge in [0.05, 0.1) is 12.0 Å². The lowest BCUT2D eigenvalue weighted by Gasteiger charge is -2.31. The molecular weight excluding hydrogens is 342 g/mol. The summed E-state index contributed by atoms with van der Waals surface area (Å²) in [5.74, 6) is 1.12. The van der Waals surface area contributed by atoms with Crippen LogP contribution in [0.2, 0.25) is 0 Å². The van der Waals surface area contributed by atoms with Gasteiger partial charge in [-0.15, -0.1) is 0 Å². The van der Waals surface area contributed by atoms with E-state index in [0.717, 1.165) is 24.6 Å². The Kier molecular flexibility index (Phi) is 5.46. The molecule has 1 aromatic rings. The quantitative estimate of drug-likeness (QED) is 0.757. The number of rotatable bonds is 5. The zero-order valence-corrected chi connectivity index (χ0v) is 14.0. The van der Waals surface area contributed by atoms with Crippen molar-refractivity contribution in [2.75, 3.05) is 25.5 Å². The maximum Gasteiger partial charge on any atom is 0.243 e. The minimum atomic E-state index is -3.38. The lowest BCUT2D eigenvalue weighted by atomic mass is 9.97. The fraction of sp³-hybridized carbons (Fsp3) is 0.571. The summed E-state index contributed by atoms with van der Waals surface area (Å²) in [7, 11) is -1.81. The summed E-state index contributed by atoms with van der Waals surface area (Å²) in [4.78, 5) is 0.345. The highest BCUT2D eigenvalue weighted by atomic mass is 79.9. The molecule has 4 nitrogen and oxygen atoms in total. The van der Waals surface area contributed by atoms with Crippen molar-refractivity contribution in [1.82, 2.24) is 4.31 Å². The molecule has 1 heterocycles. The average Bonchev–Trinajstić information content (AvgIpc) is 2.48. The number of halogens is 1. The zero-order chi connectivity index (χ0) is 14.6. The minimum absolute atomic E-state index is 0.345. The Hall–Kier alpha value is -0.590. The van der Waals surface area contributed by atoms with E-state index in [0.29, 0.717) is 29.7 Å². The van der Waals surface area contributed by atoms with Crippen LogP contribution in [0.3, 0.4) is 0 Å². The predicted molar refractivity (Wildman–Crippen MR) is 82.9 cm³/mol. The molecule has 112 valence electrons. The van der Waals surface area contributed by atoms with Crippen molar-refractivity contribution < 1.29 is 13.2 Å². The van der Waals surface area contributed by atoms with Gasteiger partial charge in [-0.3, -0.25) is 0 Å². The number of alkyl halides is 1. The van der Waals surface area contributed by atoms with Gasteiger partial charge in [0, 0.05) is 18.4 Å². The molecule has 1 fully saturated rings. The van der Waals surface area contributed by atoms with E-state index in [1.165, 1.54) is 0 Å². The molecular formula is C14H20BrNO3S. The van der Waals surface area contributed by atoms with Gasteiger partial charge < -0.3 is 4.74 Å². The maximum atomic E-state index is 12.6. The van der Waals surface area contributed by atoms with Crippen molar-refractivity contribution >= 4 is 26.0 Å². The highest BCUT2D eigenvalue weighted by Crippen LogP contribution is 2.26. The fourth-order valence-electron chi connectivity index (χ4n) is 2.53. The van der Waals surface area contributed by atoms with E-state index in [4.69, 9.17) is 4.74 Å². The standard InChI is InChI=1S/C14H20BrNO3S/c1-19-13-4-6-14(7-5-13)20(17,18)16-10-2-3-12(11-16)8-9-15/h4-7,12H,2-3,8-11H2,1H3. The second-order valence-corrected chi connectivity index (χ2v) is 7.76. The van der Waals surface area contributed by atoms with Crippen molar-refractivity contribution in [3.05, 3.63) is 24.3 Å². The minimum Gasteiger partial charge on any atom is -0.497 e. The SMILES string of the molecule is COc1ccc(S(=O)(=O)N2CCCC(CCBr)C2)cc1. The van der Waals surface area contributed by atoms with Gasteiger partial charge in [-0.25, -0.2) is 8.42 Å². The largest absolute Gasteiger partial charge is 0.497 e. The second kappa shape index (κ2) is 6.91. The van der Waals surface area contributed by atoms with Gasteiger partial charge in [-0.05, 0) is 49.4 Å². The van der Waals surface area contributed by atoms with E-state index >= 15 is 0 Å². The molecule has 1 atom stereocenters. The van der Waals surface area contributed by atoms with Gasteiger partial charge in [0.2, 0.25) is 10.0 Å². The summed E-state index contributed by atoms with van der Waals surface area (Å²) in [5.41, 5.74) is 0. The molecule has 0 N–H and O–H groups in total. The van der Waals surface area contributed by atoms with Crippen LogP contribution in [0.4, 0.5) is 0 Å². The molecule has 2 rings (SSSR count). The lowest BCUT2D eigenvalue weighted by Crippen LogP contribution is -2.39. The van der Waals surface area contributed by atoms with Gasteiger partial charge in [-0.1, -0.05) is 15.9 Å². The molecule has 0 saturated carbocycles. The third-order valence-corrected chi connectivity index (χ3v) is 6.03. The van der Waals surface area contributed by atoms with Crippen LogP contribution in [0, 0.1) is 5.92 Å². The molecule has 1 aliphatic rings. The number of ether oxygens (including phenoxy) is 1. The number of hydrogen-bond donors (Lipinski definition) is 0. The summed E-state index contributed by atoms with van der Waals surface area (Å²) in [6.07, 6.45) is 3.07. The van der Waals surface area contributed by atoms with Gasteiger partial charge in [-0.2, -0.15) is 4.31 Å². The molecule has 20 heavy (non-hydrogen) atoms. The molecule has 1 unspecified atom stereocenters. The zero-order valence-electron chi connectivity index (χ0n) is 11.6. The summed E-state index contributed by atoms with van der Waals surface area (Å²) in [5, 5.41) is 0.925. The molecule has 1 saturated heterocycles. The van der Waals surface area contributed by atoms with Crippen molar-refractivity contribution in [1.29, 1.82) is 0 Å². The van der Waals surface area contributed by atoms with E-state index in [1.807, 2.05) is 0 Å². The Morgan fingerprint density at radius 3 is 2.65 bits per heavy atom. The molecule has 1 aromatic carbocycles. The molecule has 0 aliphatic carbocycles. The number of nitrogens with zero attached hydrogens (tertiary/aromatic N) is 1. The van der Waals surface area contributed by atoms with Crippen LogP contribution in [0.15, 0.2) is 29.2 Å². The highest BCUT2D eigenvalue weighted by molar-refractivity contribution is 9.09. The second-order valence-electron chi connectivity index (χ2n) is 5.02. The average molecular weight is 362 g/mol. The number of piperidine rings is 1. The summed E-state index contributed by atoms with van der Waals surface area (Å²) in [6.45, 7) is 1.24. The Labute approximate surface area is 129 Å². The summed E-state index contributed by atoms with van der Waals surface area (Å²) < 4.78 is 31.9. The Bertz CT molecular complexity index is 528. The Morgan fingerprint density at radius 1 is 1.35 bits per heavy atom. The smallest absolute Gasteiger partial charge is 0.243 e. The van der Waals surface area contributed by atoms with E-state index in [1.54, 1.807) is 35.7 Å². The first kappa shape index (κ1) is 15.8. The number of benzene rings is 1. The first-order valence-electron chi connectivity index (χ1n) is 6.78. The maximum absolute atomic E-state index is 12.6. The topological polar surface area (TPSA) is 46.6 Å². The first-order chi connectivity index (χ1) is 9.57. The van der Waals surface area contributed by atoms with E-state index < -0.39 is 10.0 Å². The normalized spacial score (nSPS) is 20.8. The van der Waals surface area contributed by atoms with Crippen LogP contribution in [-0.4, -0.2) is 38.3 Å². The highest BCUT2D eigenvalue weighted by Gasteiger charge is 2.29. The predicted octanol–water partition coefficient (Wildman–Crippen LogP) is 2.88. The van der Waals surface area contributed by atoms with Crippen LogP contribution in [-0.2, 0) is 10.0 Å². The summed E-state index contributed by atoms with van der Waals surface area (Å²) >= 11 is 3.43. The number of hydrogen-bond acceptors (Lipinski definition) is 3. The van der Waals surface area contributed by atoms with Crippen LogP contribution in [0.1, 0.15) is 19.3 Å². The molecule has 0 aromatic heterocycles. The molecule has 0 bridgehead atoms. The van der Waals surface area contributed by atoms with Gasteiger partial charge in [0.15, 0.2) is 0 Å². The van der Waals surface area contributed by atoms with Crippen LogP contribution < -0.4 is 4.74 Å². The monoisotopic (exact) mass is 361 g/mol. The third kappa shape index (κ3) is 3.54. The van der Waals surface area contributed by atoms with Gasteiger partial charge in [0.25, 0.3) is 0 Å². The van der Waals surface area contributed by atoms with Crippen molar-refractivity contribution in [2.45, 2.75) is 24.2 Å². The van der Waals surface area contributed by atoms with Gasteiger partial charge in [0.1, 0.15) is 5.75 Å². The molecule has 6 heteroatoms. The van der Waals surface area contributed by atoms with Crippen molar-refractivity contribution in [3.63, 3.8) is 0 Å². The fourth-order valence-corrected chi connectivity index (χ4v) is 4.73. The van der Waals surface area contributed by atoms with Gasteiger partial charge >= 0.3 is 0 Å².